The number of anilines is 3. The molecule has 0 spiro atoms. The van der Waals surface area contributed by atoms with Gasteiger partial charge in [0.05, 0.1) is 35.6 Å². The lowest BCUT2D eigenvalue weighted by molar-refractivity contribution is 0.0981. The summed E-state index contributed by atoms with van der Waals surface area (Å²) in [5.74, 6) is 0.598. The molecule has 206 valence electrons. The van der Waals surface area contributed by atoms with Gasteiger partial charge in [0.25, 0.3) is 0 Å². The lowest BCUT2D eigenvalue weighted by Crippen LogP contribution is -2.35. The quantitative estimate of drug-likeness (QED) is 0.499. The van der Waals surface area contributed by atoms with Crippen molar-refractivity contribution < 1.29 is 26.4 Å². The normalized spacial score (nSPS) is 18.6. The molecule has 12 nitrogen and oxygen atoms in total. The molecule has 1 aliphatic carbocycles. The van der Waals surface area contributed by atoms with Crippen molar-refractivity contribution >= 4 is 43.5 Å². The highest BCUT2D eigenvalue weighted by molar-refractivity contribution is 8.09. The van der Waals surface area contributed by atoms with Crippen LogP contribution < -0.4 is 14.3 Å². The topological polar surface area (TPSA) is 153 Å². The van der Waals surface area contributed by atoms with Gasteiger partial charge in [0, 0.05) is 18.0 Å². The molecule has 0 radical (unpaired) electrons. The predicted octanol–water partition coefficient (Wildman–Crippen LogP) is 3.27. The van der Waals surface area contributed by atoms with Crippen LogP contribution in [-0.4, -0.2) is 62.4 Å². The monoisotopic (exact) mass is 556 g/mol. The first-order valence-corrected chi connectivity index (χ1v) is 15.7. The first-order valence-electron chi connectivity index (χ1n) is 12.0. The van der Waals surface area contributed by atoms with Gasteiger partial charge in [0.15, 0.2) is 5.82 Å². The van der Waals surface area contributed by atoms with Crippen LogP contribution in [0.4, 0.5) is 22.1 Å². The van der Waals surface area contributed by atoms with E-state index >= 15 is 0 Å². The Hall–Kier alpha value is -2.87. The smallest absolute Gasteiger partial charge is 0.407 e. The van der Waals surface area contributed by atoms with E-state index in [-0.39, 0.29) is 29.4 Å². The Bertz CT molecular complexity index is 1300. The molecule has 0 unspecified atom stereocenters. The molecule has 3 rings (SSSR count). The molecule has 1 aliphatic rings. The summed E-state index contributed by atoms with van der Waals surface area (Å²) >= 11 is 0. The van der Waals surface area contributed by atoms with Crippen LogP contribution in [0, 0.1) is 0 Å². The molecule has 2 heterocycles. The Balaban J connectivity index is 1.81. The maximum Gasteiger partial charge on any atom is 0.407 e. The highest BCUT2D eigenvalue weighted by Crippen LogP contribution is 2.38. The van der Waals surface area contributed by atoms with E-state index in [9.17, 15) is 21.6 Å². The van der Waals surface area contributed by atoms with Gasteiger partial charge in [-0.25, -0.2) is 31.3 Å². The molecule has 1 fully saturated rings. The lowest BCUT2D eigenvalue weighted by Gasteiger charge is -2.23. The van der Waals surface area contributed by atoms with Crippen molar-refractivity contribution in [2.45, 2.75) is 77.5 Å². The third kappa shape index (κ3) is 7.34. The first kappa shape index (κ1) is 28.7. The van der Waals surface area contributed by atoms with Crippen LogP contribution in [0.15, 0.2) is 24.4 Å². The zero-order chi connectivity index (χ0) is 27.8. The second-order valence-corrected chi connectivity index (χ2v) is 14.5. The number of ether oxygens (including phenoxy) is 1. The number of hydrogen-bond acceptors (Lipinski definition) is 9. The fraction of sp³-hybridized carbons (Fsp3) is 0.609. The average Bonchev–Trinajstić information content (AvgIpc) is 3.33. The van der Waals surface area contributed by atoms with E-state index in [4.69, 9.17) is 9.84 Å². The lowest BCUT2D eigenvalue weighted by atomic mass is 10.0. The fourth-order valence-corrected chi connectivity index (χ4v) is 7.10. The summed E-state index contributed by atoms with van der Waals surface area (Å²) in [6.45, 7) is 9.81. The third-order valence-electron chi connectivity index (χ3n) is 5.66. The summed E-state index contributed by atoms with van der Waals surface area (Å²) in [4.78, 5) is 16.0. The van der Waals surface area contributed by atoms with Gasteiger partial charge in [-0.05, 0) is 66.0 Å². The molecule has 37 heavy (non-hydrogen) atoms. The van der Waals surface area contributed by atoms with Gasteiger partial charge >= 0.3 is 6.09 Å². The van der Waals surface area contributed by atoms with Gasteiger partial charge in [0.1, 0.15) is 11.9 Å². The van der Waals surface area contributed by atoms with Gasteiger partial charge in [0.2, 0.25) is 20.0 Å². The molecular formula is C23H36N6O6S2. The number of hydrogen-bond donors (Lipinski definition) is 2. The molecule has 2 N–H and O–H groups in total. The molecule has 2 atom stereocenters. The largest absolute Gasteiger partial charge is 0.446 e. The molecule has 0 aromatic carbocycles. The minimum atomic E-state index is -4.08. The van der Waals surface area contributed by atoms with E-state index in [1.165, 1.54) is 12.3 Å². The Labute approximate surface area is 218 Å². The van der Waals surface area contributed by atoms with Crippen LogP contribution in [0.5, 0.6) is 0 Å². The Morgan fingerprint density at radius 2 is 1.78 bits per heavy atom. The maximum absolute atomic E-state index is 12.0. The van der Waals surface area contributed by atoms with Crippen LogP contribution in [0.3, 0.4) is 0 Å². The summed E-state index contributed by atoms with van der Waals surface area (Å²) in [6.07, 6.45) is 4.66. The summed E-state index contributed by atoms with van der Waals surface area (Å²) in [5, 5.41) is 10.8. The zero-order valence-electron chi connectivity index (χ0n) is 22.2. The number of carbonyl (C=O) groups excluding carboxylic acids is 1. The number of rotatable bonds is 8. The van der Waals surface area contributed by atoms with Crippen LogP contribution in [0.1, 0.15) is 65.5 Å². The van der Waals surface area contributed by atoms with Crippen molar-refractivity contribution in [1.29, 1.82) is 0 Å². The van der Waals surface area contributed by atoms with Crippen molar-refractivity contribution in [2.24, 2.45) is 0 Å². The van der Waals surface area contributed by atoms with E-state index in [1.54, 1.807) is 6.07 Å². The van der Waals surface area contributed by atoms with Crippen molar-refractivity contribution in [1.82, 2.24) is 20.1 Å². The number of pyridine rings is 1. The summed E-state index contributed by atoms with van der Waals surface area (Å²) < 4.78 is 55.8. The molecule has 0 bridgehead atoms. The van der Waals surface area contributed by atoms with Gasteiger partial charge in [-0.15, -0.1) is 3.71 Å². The Kier molecular flexibility index (Phi) is 8.13. The van der Waals surface area contributed by atoms with Crippen LogP contribution >= 0.6 is 0 Å². The molecule has 0 aliphatic heterocycles. The molecular weight excluding hydrogens is 520 g/mol. The molecule has 14 heteroatoms. The highest BCUT2D eigenvalue weighted by Gasteiger charge is 2.32. The van der Waals surface area contributed by atoms with Gasteiger partial charge in [-0.1, -0.05) is 0 Å². The maximum atomic E-state index is 12.0. The van der Waals surface area contributed by atoms with Crippen molar-refractivity contribution in [3.63, 3.8) is 0 Å². The molecule has 1 saturated carbocycles. The van der Waals surface area contributed by atoms with Crippen LogP contribution in [0.2, 0.25) is 0 Å². The zero-order valence-corrected chi connectivity index (χ0v) is 23.9. The molecule has 1 amide bonds. The average molecular weight is 557 g/mol. The summed E-state index contributed by atoms with van der Waals surface area (Å²) in [7, 11) is -8.17. The molecule has 0 saturated heterocycles. The third-order valence-corrected chi connectivity index (χ3v) is 8.86. The second kappa shape index (κ2) is 10.5. The Morgan fingerprint density at radius 3 is 2.30 bits per heavy atom. The first-order chi connectivity index (χ1) is 16.9. The standard InChI is InChI=1S/C23H36N6O6S2/c1-15(2)25-22(30)35-18-10-8-16(12-18)19-13-21(28(27-19)23(3,4)5)26-17-9-11-20(24-14-17)29(36(6,31)32)37(7,33)34/h9,11,13-16,18,26H,8,10,12H2,1-7H3,(H,25,30)/t16-,18+/m0/s1. The number of nitrogens with zero attached hydrogens (tertiary/aromatic N) is 4. The van der Waals surface area contributed by atoms with E-state index < -0.39 is 26.1 Å². The van der Waals surface area contributed by atoms with Gasteiger partial charge in [-0.2, -0.15) is 5.10 Å². The summed E-state index contributed by atoms with van der Waals surface area (Å²) in [5.41, 5.74) is 1.04. The second-order valence-electron chi connectivity index (χ2n) is 10.6. The van der Waals surface area contributed by atoms with E-state index in [2.05, 4.69) is 15.6 Å². The number of alkyl carbamates (subject to hydrolysis) is 1. The van der Waals surface area contributed by atoms with Crippen molar-refractivity contribution in [3.8, 4) is 0 Å². The van der Waals surface area contributed by atoms with Crippen LogP contribution in [0.25, 0.3) is 0 Å². The van der Waals surface area contributed by atoms with E-state index in [1.807, 2.05) is 45.4 Å². The Morgan fingerprint density at radius 1 is 1.14 bits per heavy atom. The minimum absolute atomic E-state index is 0.00481. The summed E-state index contributed by atoms with van der Waals surface area (Å²) in [6, 6.07) is 4.83. The minimum Gasteiger partial charge on any atom is -0.446 e. The van der Waals surface area contributed by atoms with E-state index in [0.717, 1.165) is 31.0 Å². The SMILES string of the molecule is CC(C)NC(=O)O[C@@H]1CC[C@H](c2cc(Nc3ccc(N(S(C)(=O)=O)S(C)(=O)=O)nc3)n(C(C)(C)C)n2)C1. The van der Waals surface area contributed by atoms with Crippen molar-refractivity contribution in [3.05, 3.63) is 30.1 Å². The molecule has 2 aromatic heterocycles. The fourth-order valence-electron chi connectivity index (χ4n) is 4.24. The van der Waals surface area contributed by atoms with Crippen LogP contribution in [-0.2, 0) is 30.3 Å². The number of nitrogens with one attached hydrogen (secondary N) is 2. The van der Waals surface area contributed by atoms with Crippen molar-refractivity contribution in [2.75, 3.05) is 21.5 Å². The highest BCUT2D eigenvalue weighted by atomic mass is 32.3. The van der Waals surface area contributed by atoms with E-state index in [0.29, 0.717) is 21.6 Å². The number of carbonyl (C=O) groups is 1. The van der Waals surface area contributed by atoms with Gasteiger partial charge < -0.3 is 15.4 Å². The molecule has 2 aromatic rings. The number of amides is 1. The number of sulfonamides is 2. The predicted molar refractivity (Wildman–Crippen MR) is 142 cm³/mol. The number of aromatic nitrogens is 3. The van der Waals surface area contributed by atoms with Gasteiger partial charge in [-0.3, -0.25) is 0 Å².